The molecule has 12 aromatic rings. The average molecular weight is 769 g/mol. The monoisotopic (exact) mass is 768 g/mol. The van der Waals surface area contributed by atoms with Gasteiger partial charge in [0.05, 0.1) is 5.39 Å². The minimum Gasteiger partial charge on any atom is -0.455 e. The van der Waals surface area contributed by atoms with Crippen LogP contribution in [0.1, 0.15) is 25.0 Å². The molecular weight excluding hydrogens is 729 g/mol. The molecule has 0 aliphatic rings. The van der Waals surface area contributed by atoms with E-state index in [9.17, 15) is 0 Å². The van der Waals surface area contributed by atoms with E-state index in [1.165, 1.54) is 76.8 Å². The average Bonchev–Trinajstić information content (AvgIpc) is 3.89. The number of para-hydroxylation sites is 2. The maximum absolute atomic E-state index is 6.67. The molecular formula is C58H40O2. The number of hydrogen-bond acceptors (Lipinski definition) is 2. The van der Waals surface area contributed by atoms with Gasteiger partial charge in [-0.15, -0.1) is 0 Å². The van der Waals surface area contributed by atoms with Gasteiger partial charge < -0.3 is 8.83 Å². The maximum atomic E-state index is 6.67. The third-order valence-electron chi connectivity index (χ3n) is 12.8. The van der Waals surface area contributed by atoms with E-state index in [0.29, 0.717) is 0 Å². The Labute approximate surface area is 347 Å². The van der Waals surface area contributed by atoms with Crippen molar-refractivity contribution in [1.29, 1.82) is 0 Å². The normalized spacial score (nSPS) is 12.0. The molecule has 2 heteroatoms. The molecule has 10 aromatic carbocycles. The van der Waals surface area contributed by atoms with Crippen molar-refractivity contribution in [3.63, 3.8) is 0 Å². The predicted molar refractivity (Wildman–Crippen MR) is 254 cm³/mol. The number of fused-ring (bicyclic) bond motifs is 10. The fraction of sp³-hybridized carbons (Fsp3) is 0.0690. The minimum absolute atomic E-state index is 0.863. The van der Waals surface area contributed by atoms with Crippen LogP contribution in [0.4, 0.5) is 0 Å². The van der Waals surface area contributed by atoms with Crippen LogP contribution < -0.4 is 0 Å². The van der Waals surface area contributed by atoms with Crippen molar-refractivity contribution >= 4 is 76.2 Å². The molecule has 0 amide bonds. The lowest BCUT2D eigenvalue weighted by Gasteiger charge is -2.20. The van der Waals surface area contributed by atoms with Crippen LogP contribution in [0.15, 0.2) is 191 Å². The van der Waals surface area contributed by atoms with Crippen LogP contribution in [0, 0.1) is 0 Å². The largest absolute Gasteiger partial charge is 0.455 e. The van der Waals surface area contributed by atoms with Gasteiger partial charge in [0.15, 0.2) is 0 Å². The molecule has 0 unspecified atom stereocenters. The van der Waals surface area contributed by atoms with Crippen molar-refractivity contribution in [2.24, 2.45) is 0 Å². The molecule has 2 heterocycles. The summed E-state index contributed by atoms with van der Waals surface area (Å²) in [5.41, 5.74) is 16.0. The maximum Gasteiger partial charge on any atom is 0.147 e. The van der Waals surface area contributed by atoms with Gasteiger partial charge in [-0.1, -0.05) is 172 Å². The lowest BCUT2D eigenvalue weighted by molar-refractivity contribution is 0.663. The summed E-state index contributed by atoms with van der Waals surface area (Å²) in [5.74, 6) is 0. The fourth-order valence-corrected chi connectivity index (χ4v) is 10.00. The number of hydrogen-bond donors (Lipinski definition) is 0. The molecule has 284 valence electrons. The molecule has 2 nitrogen and oxygen atoms in total. The van der Waals surface area contributed by atoms with E-state index in [-0.39, 0.29) is 0 Å². The highest BCUT2D eigenvalue weighted by Gasteiger charge is 2.22. The molecule has 0 saturated carbocycles. The summed E-state index contributed by atoms with van der Waals surface area (Å²) in [7, 11) is 0. The Bertz CT molecular complexity index is 3630. The van der Waals surface area contributed by atoms with Gasteiger partial charge in [0.1, 0.15) is 22.3 Å². The third kappa shape index (κ3) is 5.20. The Kier molecular flexibility index (Phi) is 7.83. The van der Waals surface area contributed by atoms with E-state index in [1.54, 1.807) is 0 Å². The first-order chi connectivity index (χ1) is 29.7. The van der Waals surface area contributed by atoms with E-state index in [2.05, 4.69) is 184 Å². The summed E-state index contributed by atoms with van der Waals surface area (Å²) >= 11 is 0. The third-order valence-corrected chi connectivity index (χ3v) is 12.8. The van der Waals surface area contributed by atoms with Crippen molar-refractivity contribution in [3.8, 4) is 44.5 Å². The number of benzene rings is 10. The Morgan fingerprint density at radius 3 is 1.43 bits per heavy atom. The summed E-state index contributed by atoms with van der Waals surface area (Å²) in [6.45, 7) is 4.55. The second-order valence-corrected chi connectivity index (χ2v) is 16.1. The van der Waals surface area contributed by atoms with Crippen LogP contribution in [0.25, 0.3) is 121 Å². The Hall–Kier alpha value is -7.42. The quantitative estimate of drug-likeness (QED) is 0.158. The summed E-state index contributed by atoms with van der Waals surface area (Å²) in [6, 6.07) is 66.5. The van der Waals surface area contributed by atoms with Crippen molar-refractivity contribution in [2.45, 2.75) is 26.7 Å². The van der Waals surface area contributed by atoms with E-state index < -0.39 is 0 Å². The van der Waals surface area contributed by atoms with Crippen molar-refractivity contribution in [1.82, 2.24) is 0 Å². The second kappa shape index (κ2) is 13.6. The van der Waals surface area contributed by atoms with Crippen LogP contribution in [0.2, 0.25) is 0 Å². The topological polar surface area (TPSA) is 26.3 Å². The first kappa shape index (κ1) is 34.6. The predicted octanol–water partition coefficient (Wildman–Crippen LogP) is 16.7. The highest BCUT2D eigenvalue weighted by atomic mass is 16.3. The van der Waals surface area contributed by atoms with Crippen LogP contribution in [0.5, 0.6) is 0 Å². The molecule has 0 N–H and O–H groups in total. The molecule has 0 radical (unpaired) electrons. The van der Waals surface area contributed by atoms with Gasteiger partial charge in [-0.05, 0) is 119 Å². The van der Waals surface area contributed by atoms with E-state index >= 15 is 0 Å². The van der Waals surface area contributed by atoms with Crippen LogP contribution in [-0.2, 0) is 12.8 Å². The zero-order valence-corrected chi connectivity index (χ0v) is 33.6. The molecule has 60 heavy (non-hydrogen) atoms. The second-order valence-electron chi connectivity index (χ2n) is 16.1. The van der Waals surface area contributed by atoms with Crippen molar-refractivity contribution in [3.05, 3.63) is 193 Å². The standard InChI is InChI=1S/C58H40O2/c1-3-35-31-39(50-34-51-44-17-11-13-23-52(44)59-58(51)56-49-22-12-14-24-53(49)60-57(50)56)27-29-42(35)43-30-28-41(32-36(43)4-2)55-47-20-9-7-18-45(47)54(46-19-8-10-21-48(46)55)40-26-25-37-15-5-6-16-38(37)33-40/h5-34H,3-4H2,1-2H3. The summed E-state index contributed by atoms with van der Waals surface area (Å²) in [5, 5.41) is 11.9. The molecule has 2 aromatic heterocycles. The van der Waals surface area contributed by atoms with Gasteiger partial charge in [-0.25, -0.2) is 0 Å². The first-order valence-electron chi connectivity index (χ1n) is 21.1. The number of aryl methyl sites for hydroxylation is 2. The van der Waals surface area contributed by atoms with Gasteiger partial charge in [0, 0.05) is 21.7 Å². The number of rotatable bonds is 6. The molecule has 0 fully saturated rings. The smallest absolute Gasteiger partial charge is 0.147 e. The minimum atomic E-state index is 0.863. The molecule has 0 bridgehead atoms. The summed E-state index contributed by atoms with van der Waals surface area (Å²) in [6.07, 6.45) is 1.82. The van der Waals surface area contributed by atoms with Gasteiger partial charge in [-0.2, -0.15) is 0 Å². The van der Waals surface area contributed by atoms with Crippen LogP contribution in [-0.4, -0.2) is 0 Å². The molecule has 12 rings (SSSR count). The van der Waals surface area contributed by atoms with Gasteiger partial charge >= 0.3 is 0 Å². The fourth-order valence-electron chi connectivity index (χ4n) is 10.00. The van der Waals surface area contributed by atoms with E-state index in [4.69, 9.17) is 8.83 Å². The SMILES string of the molecule is CCc1cc(-c2c3ccccc3c(-c3ccc4ccccc4c3)c3ccccc23)ccc1-c1ccc(-c2cc3c4ccccc4oc3c3c2oc2ccccc23)cc1CC. The van der Waals surface area contributed by atoms with Crippen LogP contribution >= 0.6 is 0 Å². The lowest BCUT2D eigenvalue weighted by atomic mass is 9.84. The van der Waals surface area contributed by atoms with Gasteiger partial charge in [0.2, 0.25) is 0 Å². The number of furan rings is 2. The molecule has 0 spiro atoms. The van der Waals surface area contributed by atoms with E-state index in [1.807, 2.05) is 12.1 Å². The molecule has 0 saturated heterocycles. The van der Waals surface area contributed by atoms with Crippen molar-refractivity contribution < 1.29 is 8.83 Å². The molecule has 0 aliphatic heterocycles. The Morgan fingerprint density at radius 1 is 0.333 bits per heavy atom. The Morgan fingerprint density at radius 2 is 0.800 bits per heavy atom. The van der Waals surface area contributed by atoms with Gasteiger partial charge in [0.25, 0.3) is 0 Å². The zero-order chi connectivity index (χ0) is 39.9. The van der Waals surface area contributed by atoms with E-state index in [0.717, 1.165) is 67.8 Å². The highest BCUT2D eigenvalue weighted by molar-refractivity contribution is 6.25. The highest BCUT2D eigenvalue weighted by Crippen LogP contribution is 2.47. The van der Waals surface area contributed by atoms with Crippen LogP contribution in [0.3, 0.4) is 0 Å². The summed E-state index contributed by atoms with van der Waals surface area (Å²) < 4.78 is 13.2. The van der Waals surface area contributed by atoms with Crippen molar-refractivity contribution in [2.75, 3.05) is 0 Å². The summed E-state index contributed by atoms with van der Waals surface area (Å²) in [4.78, 5) is 0. The first-order valence-corrected chi connectivity index (χ1v) is 21.1. The zero-order valence-electron chi connectivity index (χ0n) is 33.6. The van der Waals surface area contributed by atoms with Gasteiger partial charge in [-0.3, -0.25) is 0 Å². The lowest BCUT2D eigenvalue weighted by Crippen LogP contribution is -1.96. The Balaban J connectivity index is 1.02. The molecule has 0 aliphatic carbocycles. The molecule has 0 atom stereocenters.